The highest BCUT2D eigenvalue weighted by Gasteiger charge is 2.15. The van der Waals surface area contributed by atoms with Crippen LogP contribution in [0.5, 0.6) is 0 Å². The lowest BCUT2D eigenvalue weighted by atomic mass is 10.2. The SMILES string of the molecule is Cc1ccc(S(=O)(=O)Nc2cccc(Nc3nc(Cl)nc(Cl)c3Cl)c2)cc1. The molecule has 10 heteroatoms. The summed E-state index contributed by atoms with van der Waals surface area (Å²) in [6, 6.07) is 13.2. The van der Waals surface area contributed by atoms with Gasteiger partial charge in [0.25, 0.3) is 10.0 Å². The summed E-state index contributed by atoms with van der Waals surface area (Å²) in [5.74, 6) is 0.209. The van der Waals surface area contributed by atoms with Gasteiger partial charge in [-0.3, -0.25) is 4.72 Å². The minimum atomic E-state index is -3.71. The molecule has 0 saturated heterocycles. The average molecular weight is 444 g/mol. The number of anilines is 3. The number of halogens is 3. The Morgan fingerprint density at radius 1 is 0.926 bits per heavy atom. The quantitative estimate of drug-likeness (QED) is 0.413. The zero-order valence-corrected chi connectivity index (χ0v) is 17.0. The lowest BCUT2D eigenvalue weighted by Crippen LogP contribution is -2.13. The van der Waals surface area contributed by atoms with Crippen LogP contribution in [0.4, 0.5) is 17.2 Å². The standard InChI is InChI=1S/C17H13Cl3N4O2S/c1-10-5-7-13(8-6-10)27(25,26)24-12-4-2-3-11(9-12)21-16-14(18)15(19)22-17(20)23-16/h2-9,24H,1H3,(H,21,22,23). The van der Waals surface area contributed by atoms with Crippen LogP contribution in [0.2, 0.25) is 15.5 Å². The number of hydrogen-bond donors (Lipinski definition) is 2. The maximum Gasteiger partial charge on any atom is 0.261 e. The molecule has 0 aliphatic carbocycles. The number of benzene rings is 2. The molecule has 0 unspecified atom stereocenters. The minimum Gasteiger partial charge on any atom is -0.339 e. The van der Waals surface area contributed by atoms with Gasteiger partial charge in [-0.25, -0.2) is 13.4 Å². The van der Waals surface area contributed by atoms with Crippen molar-refractivity contribution in [3.05, 3.63) is 69.6 Å². The molecule has 0 fully saturated rings. The first-order valence-corrected chi connectivity index (χ1v) is 10.2. The van der Waals surface area contributed by atoms with Crippen LogP contribution in [-0.4, -0.2) is 18.4 Å². The molecule has 3 aromatic rings. The maximum absolute atomic E-state index is 12.5. The van der Waals surface area contributed by atoms with Crippen molar-refractivity contribution in [2.24, 2.45) is 0 Å². The molecule has 0 radical (unpaired) electrons. The van der Waals surface area contributed by atoms with Crippen LogP contribution in [0.15, 0.2) is 53.4 Å². The third-order valence-corrected chi connectivity index (χ3v) is 5.79. The fourth-order valence-electron chi connectivity index (χ4n) is 2.21. The third-order valence-electron chi connectivity index (χ3n) is 3.49. The molecule has 1 heterocycles. The van der Waals surface area contributed by atoms with E-state index in [1.807, 2.05) is 6.92 Å². The fraction of sp³-hybridized carbons (Fsp3) is 0.0588. The van der Waals surface area contributed by atoms with Crippen molar-refractivity contribution < 1.29 is 8.42 Å². The first-order chi connectivity index (χ1) is 12.7. The monoisotopic (exact) mass is 442 g/mol. The van der Waals surface area contributed by atoms with E-state index in [1.165, 1.54) is 0 Å². The van der Waals surface area contributed by atoms with E-state index in [1.54, 1.807) is 48.5 Å². The van der Waals surface area contributed by atoms with Gasteiger partial charge in [-0.2, -0.15) is 4.98 Å². The van der Waals surface area contributed by atoms with Gasteiger partial charge in [-0.1, -0.05) is 47.0 Å². The van der Waals surface area contributed by atoms with Crippen molar-refractivity contribution in [3.8, 4) is 0 Å². The summed E-state index contributed by atoms with van der Waals surface area (Å²) < 4.78 is 27.6. The summed E-state index contributed by atoms with van der Waals surface area (Å²) in [6.45, 7) is 1.88. The predicted molar refractivity (Wildman–Crippen MR) is 109 cm³/mol. The van der Waals surface area contributed by atoms with Gasteiger partial charge in [-0.05, 0) is 48.9 Å². The van der Waals surface area contributed by atoms with Crippen LogP contribution in [0.25, 0.3) is 0 Å². The molecule has 1 aromatic heterocycles. The van der Waals surface area contributed by atoms with Crippen LogP contribution < -0.4 is 10.0 Å². The van der Waals surface area contributed by atoms with Gasteiger partial charge in [0, 0.05) is 5.69 Å². The molecule has 2 aromatic carbocycles. The largest absolute Gasteiger partial charge is 0.339 e. The molecule has 27 heavy (non-hydrogen) atoms. The summed E-state index contributed by atoms with van der Waals surface area (Å²) in [4.78, 5) is 7.88. The normalized spacial score (nSPS) is 11.3. The first kappa shape index (κ1) is 19.7. The van der Waals surface area contributed by atoms with Crippen molar-refractivity contribution in [2.75, 3.05) is 10.0 Å². The van der Waals surface area contributed by atoms with Crippen molar-refractivity contribution in [2.45, 2.75) is 11.8 Å². The zero-order chi connectivity index (χ0) is 19.6. The van der Waals surface area contributed by atoms with Crippen molar-refractivity contribution in [1.29, 1.82) is 0 Å². The molecule has 0 bridgehead atoms. The van der Waals surface area contributed by atoms with Crippen LogP contribution in [0.1, 0.15) is 5.56 Å². The molecule has 0 saturated carbocycles. The number of sulfonamides is 1. The lowest BCUT2D eigenvalue weighted by molar-refractivity contribution is 0.601. The highest BCUT2D eigenvalue weighted by atomic mass is 35.5. The summed E-state index contributed by atoms with van der Waals surface area (Å²) in [7, 11) is -3.71. The van der Waals surface area contributed by atoms with Gasteiger partial charge in [0.1, 0.15) is 5.02 Å². The molecule has 2 N–H and O–H groups in total. The van der Waals surface area contributed by atoms with E-state index in [9.17, 15) is 8.42 Å². The Hall–Kier alpha value is -2.06. The maximum atomic E-state index is 12.5. The molecule has 0 aliphatic rings. The van der Waals surface area contributed by atoms with E-state index >= 15 is 0 Å². The van der Waals surface area contributed by atoms with Gasteiger partial charge < -0.3 is 5.32 Å². The van der Waals surface area contributed by atoms with Crippen LogP contribution >= 0.6 is 34.8 Å². The van der Waals surface area contributed by atoms with Gasteiger partial charge >= 0.3 is 0 Å². The third kappa shape index (κ3) is 4.81. The van der Waals surface area contributed by atoms with E-state index in [4.69, 9.17) is 34.8 Å². The second-order valence-corrected chi connectivity index (χ2v) is 8.33. The number of nitrogens with one attached hydrogen (secondary N) is 2. The van der Waals surface area contributed by atoms with E-state index in [-0.39, 0.29) is 26.2 Å². The molecule has 0 amide bonds. The Morgan fingerprint density at radius 2 is 1.59 bits per heavy atom. The average Bonchev–Trinajstić information content (AvgIpc) is 2.59. The van der Waals surface area contributed by atoms with E-state index in [0.717, 1.165) is 5.56 Å². The summed E-state index contributed by atoms with van der Waals surface area (Å²) >= 11 is 17.7. The Morgan fingerprint density at radius 3 is 2.30 bits per heavy atom. The second kappa shape index (κ2) is 7.90. The Labute approximate surface area is 171 Å². The molecule has 3 rings (SSSR count). The number of hydrogen-bond acceptors (Lipinski definition) is 5. The van der Waals surface area contributed by atoms with Gasteiger partial charge in [0.15, 0.2) is 11.0 Å². The highest BCUT2D eigenvalue weighted by Crippen LogP contribution is 2.31. The van der Waals surface area contributed by atoms with Gasteiger partial charge in [0.05, 0.1) is 10.6 Å². The van der Waals surface area contributed by atoms with E-state index < -0.39 is 10.0 Å². The van der Waals surface area contributed by atoms with Crippen LogP contribution in [-0.2, 0) is 10.0 Å². The fourth-order valence-corrected chi connectivity index (χ4v) is 3.77. The van der Waals surface area contributed by atoms with Crippen LogP contribution in [0.3, 0.4) is 0 Å². The summed E-state index contributed by atoms with van der Waals surface area (Å²) in [5.41, 5.74) is 1.87. The topological polar surface area (TPSA) is 84.0 Å². The second-order valence-electron chi connectivity index (χ2n) is 5.57. The predicted octanol–water partition coefficient (Wildman–Crippen LogP) is 5.29. The lowest BCUT2D eigenvalue weighted by Gasteiger charge is -2.12. The molecular formula is C17H13Cl3N4O2S. The summed E-state index contributed by atoms with van der Waals surface area (Å²) in [5, 5.41) is 2.99. The minimum absolute atomic E-state index is 0.00963. The molecule has 6 nitrogen and oxygen atoms in total. The zero-order valence-electron chi connectivity index (χ0n) is 13.9. The van der Waals surface area contributed by atoms with Crippen molar-refractivity contribution in [3.63, 3.8) is 0 Å². The smallest absolute Gasteiger partial charge is 0.261 e. The van der Waals surface area contributed by atoms with Gasteiger partial charge in [-0.15, -0.1) is 0 Å². The highest BCUT2D eigenvalue weighted by molar-refractivity contribution is 7.92. The number of aromatic nitrogens is 2. The Kier molecular flexibility index (Phi) is 5.76. The number of nitrogens with zero attached hydrogens (tertiary/aromatic N) is 2. The molecule has 0 aliphatic heterocycles. The van der Waals surface area contributed by atoms with Crippen LogP contribution in [0, 0.1) is 6.92 Å². The molecule has 0 spiro atoms. The van der Waals surface area contributed by atoms with Gasteiger partial charge in [0.2, 0.25) is 5.28 Å². The van der Waals surface area contributed by atoms with E-state index in [0.29, 0.717) is 11.4 Å². The molecule has 140 valence electrons. The van der Waals surface area contributed by atoms with E-state index in [2.05, 4.69) is 20.0 Å². The summed E-state index contributed by atoms with van der Waals surface area (Å²) in [6.07, 6.45) is 0. The Bertz CT molecular complexity index is 1090. The number of rotatable bonds is 5. The van der Waals surface area contributed by atoms with Crippen molar-refractivity contribution >= 4 is 62.0 Å². The molecule has 0 atom stereocenters. The number of aryl methyl sites for hydroxylation is 1. The van der Waals surface area contributed by atoms with Crippen molar-refractivity contribution in [1.82, 2.24) is 9.97 Å². The first-order valence-electron chi connectivity index (χ1n) is 7.60. The Balaban J connectivity index is 1.85. The molecular weight excluding hydrogens is 431 g/mol.